The first-order chi connectivity index (χ1) is 14.8. The highest BCUT2D eigenvalue weighted by molar-refractivity contribution is 7.91. The van der Waals surface area contributed by atoms with E-state index >= 15 is 0 Å². The van der Waals surface area contributed by atoms with E-state index in [9.17, 15) is 22.8 Å². The molecule has 9 heteroatoms. The van der Waals surface area contributed by atoms with Gasteiger partial charge < -0.3 is 10.2 Å². The zero-order chi connectivity index (χ0) is 22.0. The highest BCUT2D eigenvalue weighted by Gasteiger charge is 2.43. The van der Waals surface area contributed by atoms with Gasteiger partial charge in [0.25, 0.3) is 5.91 Å². The number of hydrogen-bond acceptors (Lipinski definition) is 5. The summed E-state index contributed by atoms with van der Waals surface area (Å²) in [5, 5.41) is 2.69. The molecule has 2 aliphatic heterocycles. The van der Waals surface area contributed by atoms with Gasteiger partial charge in [-0.05, 0) is 37.7 Å². The largest absolute Gasteiger partial charge is 0.334 e. The van der Waals surface area contributed by atoms with Crippen molar-refractivity contribution in [3.8, 4) is 0 Å². The molecular formula is C22H29N3O5S. The number of rotatable bonds is 7. The van der Waals surface area contributed by atoms with Gasteiger partial charge in [0.15, 0.2) is 9.84 Å². The van der Waals surface area contributed by atoms with E-state index in [2.05, 4.69) is 5.32 Å². The maximum absolute atomic E-state index is 13.2. The van der Waals surface area contributed by atoms with Gasteiger partial charge in [-0.1, -0.05) is 43.2 Å². The molecule has 4 rings (SSSR count). The third-order valence-corrected chi connectivity index (χ3v) is 8.32. The van der Waals surface area contributed by atoms with Crippen LogP contribution in [0.3, 0.4) is 0 Å². The second-order valence-corrected chi connectivity index (χ2v) is 11.0. The molecule has 0 radical (unpaired) electrons. The van der Waals surface area contributed by atoms with Crippen molar-refractivity contribution < 1.29 is 22.8 Å². The molecule has 8 nitrogen and oxygen atoms in total. The first-order valence-corrected chi connectivity index (χ1v) is 12.8. The van der Waals surface area contributed by atoms with E-state index in [1.165, 1.54) is 0 Å². The van der Waals surface area contributed by atoms with E-state index in [1.807, 2.05) is 30.3 Å². The van der Waals surface area contributed by atoms with Gasteiger partial charge in [-0.25, -0.2) is 13.2 Å². The van der Waals surface area contributed by atoms with Crippen LogP contribution in [0.15, 0.2) is 30.3 Å². The lowest BCUT2D eigenvalue weighted by Crippen LogP contribution is -2.51. The second kappa shape index (κ2) is 8.98. The molecule has 0 bridgehead atoms. The van der Waals surface area contributed by atoms with Crippen molar-refractivity contribution in [2.75, 3.05) is 18.1 Å². The summed E-state index contributed by atoms with van der Waals surface area (Å²) in [6.45, 7) is -0.334. The maximum atomic E-state index is 13.2. The van der Waals surface area contributed by atoms with Crippen LogP contribution in [-0.4, -0.2) is 72.2 Å². The summed E-state index contributed by atoms with van der Waals surface area (Å²) < 4.78 is 24.0. The summed E-state index contributed by atoms with van der Waals surface area (Å²) >= 11 is 0. The Morgan fingerprint density at radius 1 is 1.06 bits per heavy atom. The molecule has 2 heterocycles. The average molecular weight is 448 g/mol. The van der Waals surface area contributed by atoms with Crippen molar-refractivity contribution in [3.05, 3.63) is 35.9 Å². The molecule has 1 aliphatic carbocycles. The fourth-order valence-corrected chi connectivity index (χ4v) is 6.69. The summed E-state index contributed by atoms with van der Waals surface area (Å²) in [6.07, 6.45) is 5.20. The van der Waals surface area contributed by atoms with E-state index in [1.54, 1.807) is 4.90 Å². The molecule has 3 aliphatic rings. The minimum absolute atomic E-state index is 0.0135. The van der Waals surface area contributed by atoms with Crippen LogP contribution in [0.25, 0.3) is 0 Å². The molecule has 0 unspecified atom stereocenters. The van der Waals surface area contributed by atoms with Crippen molar-refractivity contribution in [3.63, 3.8) is 0 Å². The molecule has 1 N–H and O–H groups in total. The Labute approximate surface area is 182 Å². The van der Waals surface area contributed by atoms with Gasteiger partial charge in [0, 0.05) is 12.1 Å². The Morgan fingerprint density at radius 3 is 2.42 bits per heavy atom. The number of carbonyl (C=O) groups excluding carboxylic acids is 3. The molecule has 31 heavy (non-hydrogen) atoms. The first-order valence-electron chi connectivity index (χ1n) is 11.0. The van der Waals surface area contributed by atoms with E-state index in [0.717, 1.165) is 36.1 Å². The molecule has 4 amide bonds. The number of nitrogens with one attached hydrogen (secondary N) is 1. The number of nitrogens with zero attached hydrogens (tertiary/aromatic N) is 2. The monoisotopic (exact) mass is 447 g/mol. The molecule has 1 aromatic carbocycles. The summed E-state index contributed by atoms with van der Waals surface area (Å²) in [5.74, 6) is -0.672. The van der Waals surface area contributed by atoms with Crippen LogP contribution in [0, 0.1) is 0 Å². The number of hydrogen-bond donors (Lipinski definition) is 1. The summed E-state index contributed by atoms with van der Waals surface area (Å²) in [7, 11) is -3.15. The van der Waals surface area contributed by atoms with Crippen molar-refractivity contribution in [1.82, 2.24) is 15.1 Å². The normalized spacial score (nSPS) is 25.7. The number of aryl methyl sites for hydroxylation is 1. The predicted molar refractivity (Wildman–Crippen MR) is 115 cm³/mol. The lowest BCUT2D eigenvalue weighted by Gasteiger charge is -2.34. The van der Waals surface area contributed by atoms with Gasteiger partial charge in [0.05, 0.1) is 11.5 Å². The lowest BCUT2D eigenvalue weighted by atomic mass is 10.1. The molecule has 168 valence electrons. The molecule has 3 fully saturated rings. The minimum atomic E-state index is -3.15. The third-order valence-electron chi connectivity index (χ3n) is 6.57. The zero-order valence-corrected chi connectivity index (χ0v) is 18.4. The zero-order valence-electron chi connectivity index (χ0n) is 17.5. The van der Waals surface area contributed by atoms with Gasteiger partial charge in [-0.15, -0.1) is 0 Å². The Hall–Kier alpha value is -2.42. The van der Waals surface area contributed by atoms with Gasteiger partial charge in [0.1, 0.15) is 12.6 Å². The third kappa shape index (κ3) is 4.92. The second-order valence-electron chi connectivity index (χ2n) is 8.75. The van der Waals surface area contributed by atoms with Gasteiger partial charge in [0.2, 0.25) is 5.91 Å². The fraction of sp³-hybridized carbons (Fsp3) is 0.591. The number of sulfone groups is 1. The molecule has 2 saturated heterocycles. The van der Waals surface area contributed by atoms with Crippen molar-refractivity contribution in [2.45, 2.75) is 63.1 Å². The molecular weight excluding hydrogens is 418 g/mol. The molecule has 0 spiro atoms. The number of imide groups is 1. The fourth-order valence-electron chi connectivity index (χ4n) is 4.98. The maximum Gasteiger partial charge on any atom is 0.325 e. The summed E-state index contributed by atoms with van der Waals surface area (Å²) in [4.78, 5) is 41.1. The Kier molecular flexibility index (Phi) is 6.31. The van der Waals surface area contributed by atoms with Crippen LogP contribution in [0.2, 0.25) is 0 Å². The van der Waals surface area contributed by atoms with Crippen LogP contribution in [-0.2, 0) is 25.8 Å². The summed E-state index contributed by atoms with van der Waals surface area (Å²) in [6, 6.07) is 8.14. The number of amides is 4. The highest BCUT2D eigenvalue weighted by Crippen LogP contribution is 2.29. The average Bonchev–Trinajstić information content (AvgIpc) is 3.45. The molecule has 2 atom stereocenters. The molecule has 1 saturated carbocycles. The quantitative estimate of drug-likeness (QED) is 0.638. The van der Waals surface area contributed by atoms with E-state index in [-0.39, 0.29) is 41.9 Å². The van der Waals surface area contributed by atoms with Crippen molar-refractivity contribution in [1.29, 1.82) is 0 Å². The van der Waals surface area contributed by atoms with E-state index < -0.39 is 21.9 Å². The standard InChI is InChI=1S/C22H29N3O5S/c26-20(25(17-8-4-5-9-17)18-12-13-31(29,30)15-18)14-24-21(27)19(23-22(24)28)11-10-16-6-2-1-3-7-16/h1-3,6-7,17-19H,4-5,8-15H2,(H,23,28)/t18-,19-/m0/s1. The number of urea groups is 1. The Balaban J connectivity index is 1.41. The van der Waals surface area contributed by atoms with Crippen LogP contribution in [0.1, 0.15) is 44.1 Å². The Morgan fingerprint density at radius 2 is 1.77 bits per heavy atom. The smallest absolute Gasteiger partial charge is 0.325 e. The Bertz CT molecular complexity index is 943. The predicted octanol–water partition coefficient (Wildman–Crippen LogP) is 1.50. The first kappa shape index (κ1) is 21.8. The van der Waals surface area contributed by atoms with Gasteiger partial charge >= 0.3 is 6.03 Å². The lowest BCUT2D eigenvalue weighted by molar-refractivity contribution is -0.140. The van der Waals surface area contributed by atoms with Crippen LogP contribution in [0.4, 0.5) is 4.79 Å². The SMILES string of the molecule is O=C1N[C@@H](CCc2ccccc2)C(=O)N1CC(=O)N(C1CCCC1)[C@H]1CCS(=O)(=O)C1. The van der Waals surface area contributed by atoms with Gasteiger partial charge in [-0.3, -0.25) is 14.5 Å². The number of benzene rings is 1. The number of carbonyl (C=O) groups is 3. The minimum Gasteiger partial charge on any atom is -0.334 e. The highest BCUT2D eigenvalue weighted by atomic mass is 32.2. The van der Waals surface area contributed by atoms with Crippen molar-refractivity contribution in [2.24, 2.45) is 0 Å². The van der Waals surface area contributed by atoms with Gasteiger partial charge in [-0.2, -0.15) is 0 Å². The van der Waals surface area contributed by atoms with Crippen LogP contribution < -0.4 is 5.32 Å². The van der Waals surface area contributed by atoms with Crippen molar-refractivity contribution >= 4 is 27.7 Å². The van der Waals surface area contributed by atoms with Crippen LogP contribution >= 0.6 is 0 Å². The van der Waals surface area contributed by atoms with E-state index in [4.69, 9.17) is 0 Å². The molecule has 1 aromatic rings. The van der Waals surface area contributed by atoms with E-state index in [0.29, 0.717) is 19.3 Å². The topological polar surface area (TPSA) is 104 Å². The van der Waals surface area contributed by atoms with Crippen LogP contribution in [0.5, 0.6) is 0 Å². The summed E-state index contributed by atoms with van der Waals surface area (Å²) in [5.41, 5.74) is 1.08. The molecule has 0 aromatic heterocycles.